The van der Waals surface area contributed by atoms with Gasteiger partial charge in [0, 0.05) is 23.2 Å². The van der Waals surface area contributed by atoms with E-state index in [1.54, 1.807) is 20.8 Å². The number of non-ortho nitro benzene ring substituents is 1. The third-order valence-corrected chi connectivity index (χ3v) is 2.92. The molecule has 0 spiro atoms. The van der Waals surface area contributed by atoms with Crippen molar-refractivity contribution in [1.29, 1.82) is 0 Å². The molecule has 1 rings (SSSR count). The lowest BCUT2D eigenvalue weighted by atomic mass is 9.88. The van der Waals surface area contributed by atoms with Crippen LogP contribution in [0.1, 0.15) is 20.8 Å². The molecule has 0 aliphatic rings. The van der Waals surface area contributed by atoms with Crippen molar-refractivity contribution in [2.24, 2.45) is 5.41 Å². The molecule has 1 atom stereocenters. The monoisotopic (exact) mass is 298 g/mol. The molecule has 0 saturated carbocycles. The molecule has 0 bridgehead atoms. The summed E-state index contributed by atoms with van der Waals surface area (Å²) in [6.45, 7) is 4.97. The first kappa shape index (κ1) is 16.1. The van der Waals surface area contributed by atoms with Crippen LogP contribution in [0.25, 0.3) is 0 Å². The van der Waals surface area contributed by atoms with Crippen molar-refractivity contribution >= 4 is 34.7 Å². The Morgan fingerprint density at radius 2 is 1.95 bits per heavy atom. The Bertz CT molecular complexity index is 552. The highest BCUT2D eigenvalue weighted by molar-refractivity contribution is 6.43. The maximum Gasteiger partial charge on any atom is 0.271 e. The van der Waals surface area contributed by atoms with Gasteiger partial charge in [-0.3, -0.25) is 19.7 Å². The van der Waals surface area contributed by atoms with Crippen molar-refractivity contribution in [1.82, 2.24) is 0 Å². The lowest BCUT2D eigenvalue weighted by molar-refractivity contribution is -0.384. The summed E-state index contributed by atoms with van der Waals surface area (Å²) in [4.78, 5) is 33.8. The number of rotatable bonds is 4. The van der Waals surface area contributed by atoms with Gasteiger partial charge >= 0.3 is 0 Å². The summed E-state index contributed by atoms with van der Waals surface area (Å²) in [7, 11) is 0. The van der Waals surface area contributed by atoms with E-state index in [2.05, 4.69) is 5.32 Å². The summed E-state index contributed by atoms with van der Waals surface area (Å²) >= 11 is 5.82. The van der Waals surface area contributed by atoms with Crippen LogP contribution < -0.4 is 5.32 Å². The Morgan fingerprint density at radius 1 is 1.35 bits per heavy atom. The molecule has 1 N–H and O–H groups in total. The second-order valence-electron chi connectivity index (χ2n) is 5.27. The van der Waals surface area contributed by atoms with Crippen LogP contribution in [0.4, 0.5) is 11.4 Å². The first-order chi connectivity index (χ1) is 9.12. The van der Waals surface area contributed by atoms with Crippen LogP contribution in [0.3, 0.4) is 0 Å². The van der Waals surface area contributed by atoms with E-state index in [0.717, 1.165) is 0 Å². The van der Waals surface area contributed by atoms with Crippen molar-refractivity contribution in [3.8, 4) is 0 Å². The molecule has 1 unspecified atom stereocenters. The lowest BCUT2D eigenvalue weighted by Gasteiger charge is -2.19. The molecule has 0 radical (unpaired) electrons. The van der Waals surface area contributed by atoms with Crippen LogP contribution in [0.2, 0.25) is 0 Å². The first-order valence-electron chi connectivity index (χ1n) is 5.86. The molecular formula is C13H15ClN2O4. The van der Waals surface area contributed by atoms with Gasteiger partial charge in [0.15, 0.2) is 11.2 Å². The van der Waals surface area contributed by atoms with E-state index in [9.17, 15) is 19.7 Å². The fourth-order valence-corrected chi connectivity index (χ4v) is 1.78. The predicted octanol–water partition coefficient (Wildman–Crippen LogP) is 2.76. The number of amides is 1. The average Bonchev–Trinajstić information content (AvgIpc) is 2.36. The molecule has 6 nitrogen and oxygen atoms in total. The zero-order valence-corrected chi connectivity index (χ0v) is 12.1. The van der Waals surface area contributed by atoms with Gasteiger partial charge < -0.3 is 5.32 Å². The summed E-state index contributed by atoms with van der Waals surface area (Å²) in [6, 6.07) is 5.41. The van der Waals surface area contributed by atoms with Crippen LogP contribution in [0, 0.1) is 15.5 Å². The molecule has 20 heavy (non-hydrogen) atoms. The molecule has 0 aliphatic carbocycles. The Labute approximate surface area is 121 Å². The number of hydrogen-bond acceptors (Lipinski definition) is 4. The summed E-state index contributed by atoms with van der Waals surface area (Å²) in [5.41, 5.74) is -0.681. The summed E-state index contributed by atoms with van der Waals surface area (Å²) < 4.78 is 0. The van der Waals surface area contributed by atoms with E-state index in [1.165, 1.54) is 24.3 Å². The molecule has 0 saturated heterocycles. The van der Waals surface area contributed by atoms with Gasteiger partial charge in [-0.1, -0.05) is 26.8 Å². The lowest BCUT2D eigenvalue weighted by Crippen LogP contribution is -2.37. The number of nitrogens with one attached hydrogen (secondary N) is 1. The normalized spacial score (nSPS) is 12.6. The number of carbonyl (C=O) groups excluding carboxylic acids is 2. The van der Waals surface area contributed by atoms with E-state index >= 15 is 0 Å². The quantitative estimate of drug-likeness (QED) is 0.400. The third-order valence-electron chi connectivity index (χ3n) is 2.52. The van der Waals surface area contributed by atoms with Crippen LogP contribution >= 0.6 is 11.6 Å². The number of benzene rings is 1. The number of anilines is 1. The zero-order valence-electron chi connectivity index (χ0n) is 11.3. The molecule has 7 heteroatoms. The number of carbonyl (C=O) groups is 2. The van der Waals surface area contributed by atoms with Gasteiger partial charge in [0.05, 0.1) is 4.92 Å². The molecular weight excluding hydrogens is 284 g/mol. The standard InChI is InChI=1S/C13H15ClN2O4/c1-13(2,3)11(17)10(14)12(18)15-8-5-4-6-9(7-8)16(19)20/h4-7,10H,1-3H3,(H,15,18). The minimum absolute atomic E-state index is 0.156. The number of nitro benzene ring substituents is 1. The first-order valence-corrected chi connectivity index (χ1v) is 6.30. The Morgan fingerprint density at radius 3 is 2.45 bits per heavy atom. The number of Topliss-reactive ketones (excluding diaryl/α,β-unsaturated/α-hetero) is 1. The molecule has 108 valence electrons. The van der Waals surface area contributed by atoms with Crippen molar-refractivity contribution in [3.63, 3.8) is 0 Å². The number of nitro groups is 1. The number of ketones is 1. The number of halogens is 1. The topological polar surface area (TPSA) is 89.3 Å². The molecule has 0 aliphatic heterocycles. The molecule has 1 aromatic carbocycles. The number of hydrogen-bond donors (Lipinski definition) is 1. The summed E-state index contributed by atoms with van der Waals surface area (Å²) in [6.07, 6.45) is 0. The molecule has 0 fully saturated rings. The van der Waals surface area contributed by atoms with Gasteiger partial charge in [0.25, 0.3) is 5.69 Å². The fourth-order valence-electron chi connectivity index (χ4n) is 1.40. The summed E-state index contributed by atoms with van der Waals surface area (Å²) in [5, 5.41) is 11.7. The van der Waals surface area contributed by atoms with E-state index in [4.69, 9.17) is 11.6 Å². The van der Waals surface area contributed by atoms with Crippen LogP contribution in [0.5, 0.6) is 0 Å². The van der Waals surface area contributed by atoms with E-state index in [0.29, 0.717) is 0 Å². The Kier molecular flexibility index (Phi) is 4.83. The van der Waals surface area contributed by atoms with Crippen molar-refractivity contribution in [2.45, 2.75) is 26.1 Å². The number of alkyl halides is 1. The van der Waals surface area contributed by atoms with E-state index in [-0.39, 0.29) is 11.4 Å². The van der Waals surface area contributed by atoms with Gasteiger partial charge in [-0.2, -0.15) is 0 Å². The second kappa shape index (κ2) is 6.00. The molecule has 0 heterocycles. The van der Waals surface area contributed by atoms with Gasteiger partial charge in [0.1, 0.15) is 0 Å². The van der Waals surface area contributed by atoms with E-state index < -0.39 is 27.4 Å². The highest BCUT2D eigenvalue weighted by Crippen LogP contribution is 2.22. The maximum atomic E-state index is 11.9. The van der Waals surface area contributed by atoms with Gasteiger partial charge in [0.2, 0.25) is 5.91 Å². The maximum absolute atomic E-state index is 11.9. The van der Waals surface area contributed by atoms with Gasteiger partial charge in [-0.25, -0.2) is 0 Å². The minimum atomic E-state index is -1.34. The van der Waals surface area contributed by atoms with Crippen LogP contribution in [0.15, 0.2) is 24.3 Å². The molecule has 0 aromatic heterocycles. The SMILES string of the molecule is CC(C)(C)C(=O)C(Cl)C(=O)Nc1cccc([N+](=O)[O-])c1. The number of nitrogens with zero attached hydrogens (tertiary/aromatic N) is 1. The fraction of sp³-hybridized carbons (Fsp3) is 0.385. The smallest absolute Gasteiger partial charge is 0.271 e. The highest BCUT2D eigenvalue weighted by atomic mass is 35.5. The van der Waals surface area contributed by atoms with E-state index in [1.807, 2.05) is 0 Å². The zero-order chi connectivity index (χ0) is 15.5. The van der Waals surface area contributed by atoms with Crippen LogP contribution in [-0.4, -0.2) is 22.0 Å². The average molecular weight is 299 g/mol. The minimum Gasteiger partial charge on any atom is -0.324 e. The predicted molar refractivity (Wildman–Crippen MR) is 75.8 cm³/mol. The highest BCUT2D eigenvalue weighted by Gasteiger charge is 2.33. The largest absolute Gasteiger partial charge is 0.324 e. The molecule has 1 amide bonds. The Balaban J connectivity index is 2.83. The van der Waals surface area contributed by atoms with Gasteiger partial charge in [-0.15, -0.1) is 11.6 Å². The molecule has 1 aromatic rings. The van der Waals surface area contributed by atoms with Crippen molar-refractivity contribution in [3.05, 3.63) is 34.4 Å². The second-order valence-corrected chi connectivity index (χ2v) is 5.71. The van der Waals surface area contributed by atoms with Crippen LogP contribution in [-0.2, 0) is 9.59 Å². The Hall–Kier alpha value is -1.95. The summed E-state index contributed by atoms with van der Waals surface area (Å²) in [5.74, 6) is -1.12. The van der Waals surface area contributed by atoms with Crippen molar-refractivity contribution in [2.75, 3.05) is 5.32 Å². The third kappa shape index (κ3) is 4.03. The van der Waals surface area contributed by atoms with Gasteiger partial charge in [-0.05, 0) is 6.07 Å². The van der Waals surface area contributed by atoms with Crippen molar-refractivity contribution < 1.29 is 14.5 Å².